The van der Waals surface area contributed by atoms with Crippen LogP contribution in [0.2, 0.25) is 0 Å². The number of nitrogens with zero attached hydrogens (tertiary/aromatic N) is 4. The van der Waals surface area contributed by atoms with Crippen molar-refractivity contribution < 1.29 is 14.3 Å². The minimum absolute atomic E-state index is 0.0475. The summed E-state index contributed by atoms with van der Waals surface area (Å²) in [4.78, 5) is 36.7. The van der Waals surface area contributed by atoms with Crippen LogP contribution in [0, 0.1) is 5.92 Å². The first-order valence-electron chi connectivity index (χ1n) is 15.5. The zero-order valence-electron chi connectivity index (χ0n) is 25.8. The van der Waals surface area contributed by atoms with E-state index in [1.807, 2.05) is 33.8 Å². The fourth-order valence-corrected chi connectivity index (χ4v) is 6.27. The number of ether oxygens (including phenoxy) is 1. The van der Waals surface area contributed by atoms with Crippen LogP contribution < -0.4 is 10.2 Å². The summed E-state index contributed by atoms with van der Waals surface area (Å²) in [6.07, 6.45) is 4.60. The van der Waals surface area contributed by atoms with Crippen LogP contribution in [0.5, 0.6) is 0 Å². The summed E-state index contributed by atoms with van der Waals surface area (Å²) in [5, 5.41) is 3.73. The molecule has 1 amide bonds. The predicted octanol–water partition coefficient (Wildman–Crippen LogP) is 4.87. The number of rotatable bonds is 12. The Balaban J connectivity index is 1.31. The van der Waals surface area contributed by atoms with Gasteiger partial charge in [0.25, 0.3) is 0 Å². The maximum Gasteiger partial charge on any atom is 0.342 e. The smallest absolute Gasteiger partial charge is 0.342 e. The van der Waals surface area contributed by atoms with E-state index >= 15 is 0 Å². The van der Waals surface area contributed by atoms with Gasteiger partial charge in [-0.3, -0.25) is 9.69 Å². The summed E-state index contributed by atoms with van der Waals surface area (Å²) in [5.41, 5.74) is 3.11. The molecule has 0 radical (unpaired) electrons. The molecule has 3 atom stereocenters. The topological polar surface area (TPSA) is 78.0 Å². The number of carbonyl (C=O) groups is 2. The van der Waals surface area contributed by atoms with Gasteiger partial charge in [-0.25, -0.2) is 9.78 Å². The second-order valence-corrected chi connectivity index (χ2v) is 12.0. The Morgan fingerprint density at radius 1 is 1.05 bits per heavy atom. The molecule has 4 rings (SSSR count). The van der Waals surface area contributed by atoms with E-state index in [-0.39, 0.29) is 29.9 Å². The molecule has 0 bridgehead atoms. The van der Waals surface area contributed by atoms with Gasteiger partial charge in [-0.2, -0.15) is 0 Å². The number of anilines is 1. The standard InChI is InChI=1S/C33H49N5O3/c1-7-30-29(16-19-38(30)32(39)23(3)4)35-20-25-11-13-26(14-12-25)21-36(8-2)27-15-18-37(22-27)31-28(10-9-17-34-31)33(40)41-24(5)6/h9-14,17,23-24,27,29-30,35H,7-8,15-16,18-22H2,1-6H3/t27-,29-,30?/m1/s1. The van der Waals surface area contributed by atoms with Crippen molar-refractivity contribution in [2.24, 2.45) is 5.92 Å². The lowest BCUT2D eigenvalue weighted by molar-refractivity contribution is -0.135. The summed E-state index contributed by atoms with van der Waals surface area (Å²) in [5.74, 6) is 0.725. The first kappa shape index (κ1) is 31.0. The minimum Gasteiger partial charge on any atom is -0.459 e. The average Bonchev–Trinajstić information content (AvgIpc) is 3.62. The van der Waals surface area contributed by atoms with E-state index in [2.05, 4.69) is 63.1 Å². The largest absolute Gasteiger partial charge is 0.459 e. The Morgan fingerprint density at radius 2 is 1.78 bits per heavy atom. The van der Waals surface area contributed by atoms with Gasteiger partial charge in [-0.05, 0) is 62.9 Å². The van der Waals surface area contributed by atoms with Crippen LogP contribution >= 0.6 is 0 Å². The van der Waals surface area contributed by atoms with Crippen molar-refractivity contribution in [3.8, 4) is 0 Å². The molecule has 3 heterocycles. The predicted molar refractivity (Wildman–Crippen MR) is 164 cm³/mol. The summed E-state index contributed by atoms with van der Waals surface area (Å²) in [6.45, 7) is 17.3. The maximum absolute atomic E-state index is 12.7. The molecule has 0 saturated carbocycles. The van der Waals surface area contributed by atoms with Crippen LogP contribution in [-0.2, 0) is 22.6 Å². The zero-order chi connectivity index (χ0) is 29.5. The van der Waals surface area contributed by atoms with Crippen molar-refractivity contribution in [2.75, 3.05) is 31.1 Å². The Morgan fingerprint density at radius 3 is 2.44 bits per heavy atom. The number of esters is 1. The van der Waals surface area contributed by atoms with E-state index < -0.39 is 0 Å². The van der Waals surface area contributed by atoms with Crippen LogP contribution in [0.1, 0.15) is 82.3 Å². The van der Waals surface area contributed by atoms with Crippen molar-refractivity contribution >= 4 is 17.7 Å². The molecular formula is C33H49N5O3. The molecule has 2 aliphatic rings. The van der Waals surface area contributed by atoms with Crippen molar-refractivity contribution in [3.63, 3.8) is 0 Å². The fraction of sp³-hybridized carbons (Fsp3) is 0.606. The molecule has 1 unspecified atom stereocenters. The molecule has 1 N–H and O–H groups in total. The highest BCUT2D eigenvalue weighted by molar-refractivity contribution is 5.95. The van der Waals surface area contributed by atoms with Gasteiger partial charge in [-0.15, -0.1) is 0 Å². The molecule has 8 nitrogen and oxygen atoms in total. The van der Waals surface area contributed by atoms with E-state index in [1.165, 1.54) is 11.1 Å². The Hall–Kier alpha value is -2.97. The lowest BCUT2D eigenvalue weighted by atomic mass is 10.0. The first-order chi connectivity index (χ1) is 19.7. The van der Waals surface area contributed by atoms with Gasteiger partial charge in [0.2, 0.25) is 5.91 Å². The van der Waals surface area contributed by atoms with E-state index in [1.54, 1.807) is 12.3 Å². The molecule has 224 valence electrons. The quantitative estimate of drug-likeness (QED) is 0.369. The molecule has 2 saturated heterocycles. The van der Waals surface area contributed by atoms with Gasteiger partial charge in [-0.1, -0.05) is 52.0 Å². The Bertz CT molecular complexity index is 1150. The van der Waals surface area contributed by atoms with Crippen LogP contribution in [-0.4, -0.2) is 77.1 Å². The molecular weight excluding hydrogens is 514 g/mol. The molecule has 1 aromatic carbocycles. The highest BCUT2D eigenvalue weighted by atomic mass is 16.5. The van der Waals surface area contributed by atoms with E-state index in [9.17, 15) is 9.59 Å². The molecule has 2 aromatic rings. The molecule has 0 spiro atoms. The number of benzene rings is 1. The molecule has 0 aliphatic carbocycles. The Kier molecular flexibility index (Phi) is 10.8. The summed E-state index contributed by atoms with van der Waals surface area (Å²) in [6, 6.07) is 13.6. The monoisotopic (exact) mass is 563 g/mol. The number of nitrogens with one attached hydrogen (secondary N) is 1. The van der Waals surface area contributed by atoms with Gasteiger partial charge in [0.1, 0.15) is 11.4 Å². The van der Waals surface area contributed by atoms with E-state index in [0.717, 1.165) is 64.3 Å². The summed E-state index contributed by atoms with van der Waals surface area (Å²) < 4.78 is 5.46. The molecule has 41 heavy (non-hydrogen) atoms. The fourth-order valence-electron chi connectivity index (χ4n) is 6.27. The maximum atomic E-state index is 12.7. The number of likely N-dealkylation sites (N-methyl/N-ethyl adjacent to an activating group) is 1. The number of hydrogen-bond acceptors (Lipinski definition) is 7. The normalized spacial score (nSPS) is 21.0. The number of amides is 1. The van der Waals surface area contributed by atoms with Crippen molar-refractivity contribution in [1.82, 2.24) is 20.1 Å². The van der Waals surface area contributed by atoms with Crippen LogP contribution in [0.4, 0.5) is 5.82 Å². The van der Waals surface area contributed by atoms with Gasteiger partial charge < -0.3 is 19.9 Å². The highest BCUT2D eigenvalue weighted by Crippen LogP contribution is 2.27. The number of hydrogen-bond donors (Lipinski definition) is 1. The van der Waals surface area contributed by atoms with Gasteiger partial charge >= 0.3 is 5.97 Å². The number of pyridine rings is 1. The second-order valence-electron chi connectivity index (χ2n) is 12.0. The van der Waals surface area contributed by atoms with Crippen LogP contribution in [0.25, 0.3) is 0 Å². The summed E-state index contributed by atoms with van der Waals surface area (Å²) in [7, 11) is 0. The lowest BCUT2D eigenvalue weighted by Gasteiger charge is -2.29. The van der Waals surface area contributed by atoms with Crippen molar-refractivity contribution in [2.45, 2.75) is 98.1 Å². The van der Waals surface area contributed by atoms with Crippen molar-refractivity contribution in [3.05, 3.63) is 59.3 Å². The SMILES string of the molecule is CCC1[C@H](NCc2ccc(CN(CC)[C@@H]3CCN(c4ncccc4C(=O)OC(C)C)C3)cc2)CCN1C(=O)C(C)C. The third kappa shape index (κ3) is 7.66. The van der Waals surface area contributed by atoms with Gasteiger partial charge in [0.05, 0.1) is 6.10 Å². The van der Waals surface area contributed by atoms with Gasteiger partial charge in [0, 0.05) is 63.0 Å². The Labute approximate surface area is 246 Å². The van der Waals surface area contributed by atoms with E-state index in [0.29, 0.717) is 17.6 Å². The van der Waals surface area contributed by atoms with E-state index in [4.69, 9.17) is 4.74 Å². The molecule has 1 aromatic heterocycles. The van der Waals surface area contributed by atoms with Gasteiger partial charge in [0.15, 0.2) is 0 Å². The number of likely N-dealkylation sites (tertiary alicyclic amines) is 1. The zero-order valence-corrected chi connectivity index (χ0v) is 25.8. The third-order valence-electron chi connectivity index (χ3n) is 8.45. The number of carbonyl (C=O) groups excluding carboxylic acids is 2. The lowest BCUT2D eigenvalue weighted by Crippen LogP contribution is -2.45. The second kappa shape index (κ2) is 14.3. The molecule has 8 heteroatoms. The summed E-state index contributed by atoms with van der Waals surface area (Å²) >= 11 is 0. The average molecular weight is 564 g/mol. The number of aromatic nitrogens is 1. The van der Waals surface area contributed by atoms with Crippen molar-refractivity contribution in [1.29, 1.82) is 0 Å². The van der Waals surface area contributed by atoms with Crippen LogP contribution in [0.15, 0.2) is 42.6 Å². The first-order valence-corrected chi connectivity index (χ1v) is 15.5. The molecule has 2 fully saturated rings. The highest BCUT2D eigenvalue weighted by Gasteiger charge is 2.36. The third-order valence-corrected chi connectivity index (χ3v) is 8.45. The van der Waals surface area contributed by atoms with Crippen LogP contribution in [0.3, 0.4) is 0 Å². The minimum atomic E-state index is -0.312. The molecule has 2 aliphatic heterocycles.